The number of ketones is 1. The molecule has 6 nitrogen and oxygen atoms in total. The van der Waals surface area contributed by atoms with Gasteiger partial charge >= 0.3 is 0 Å². The third-order valence-electron chi connectivity index (χ3n) is 2.15. The Hall–Kier alpha value is -2.24. The Balaban J connectivity index is 3.25. The van der Waals surface area contributed by atoms with E-state index in [0.29, 0.717) is 5.69 Å². The van der Waals surface area contributed by atoms with E-state index in [0.717, 1.165) is 0 Å². The molecule has 1 amide bonds. The standard InChI is InChI=1S/C11H12N2O4/c1-3-11(15)9-6-8(13(16)17)4-5-10(9)12-7(2)14/h4-6H,3H2,1-2H3,(H,12,14). The number of hydrogen-bond donors (Lipinski definition) is 1. The van der Waals surface area contributed by atoms with Crippen LogP contribution < -0.4 is 5.32 Å². The number of nitrogens with zero attached hydrogens (tertiary/aromatic N) is 1. The van der Waals surface area contributed by atoms with Gasteiger partial charge in [-0.2, -0.15) is 0 Å². The molecule has 0 aliphatic rings. The number of carbonyl (C=O) groups is 2. The quantitative estimate of drug-likeness (QED) is 0.492. The third-order valence-corrected chi connectivity index (χ3v) is 2.15. The molecular formula is C11H12N2O4. The van der Waals surface area contributed by atoms with E-state index in [1.807, 2.05) is 0 Å². The maximum Gasteiger partial charge on any atom is 0.270 e. The van der Waals surface area contributed by atoms with Crippen molar-refractivity contribution in [3.05, 3.63) is 33.9 Å². The molecule has 0 aromatic heterocycles. The summed E-state index contributed by atoms with van der Waals surface area (Å²) in [5, 5.41) is 13.1. The number of carbonyl (C=O) groups excluding carboxylic acids is 2. The average molecular weight is 236 g/mol. The number of rotatable bonds is 4. The predicted molar refractivity (Wildman–Crippen MR) is 62.0 cm³/mol. The second-order valence-electron chi connectivity index (χ2n) is 3.44. The summed E-state index contributed by atoms with van der Waals surface area (Å²) < 4.78 is 0. The minimum atomic E-state index is -0.579. The minimum Gasteiger partial charge on any atom is -0.326 e. The highest BCUT2D eigenvalue weighted by atomic mass is 16.6. The Labute approximate surface area is 97.8 Å². The largest absolute Gasteiger partial charge is 0.326 e. The van der Waals surface area contributed by atoms with Gasteiger partial charge in [-0.25, -0.2) is 0 Å². The number of nitro benzene ring substituents is 1. The molecule has 17 heavy (non-hydrogen) atoms. The number of nitro groups is 1. The van der Waals surface area contributed by atoms with Gasteiger partial charge in [0.15, 0.2) is 5.78 Å². The lowest BCUT2D eigenvalue weighted by molar-refractivity contribution is -0.384. The van der Waals surface area contributed by atoms with E-state index in [1.165, 1.54) is 25.1 Å². The molecule has 0 aliphatic carbocycles. The summed E-state index contributed by atoms with van der Waals surface area (Å²) >= 11 is 0. The average Bonchev–Trinajstić information content (AvgIpc) is 2.27. The van der Waals surface area contributed by atoms with Crippen LogP contribution in [0.3, 0.4) is 0 Å². The van der Waals surface area contributed by atoms with Crippen molar-refractivity contribution in [2.75, 3.05) is 5.32 Å². The highest BCUT2D eigenvalue weighted by molar-refractivity contribution is 6.04. The molecule has 0 spiro atoms. The smallest absolute Gasteiger partial charge is 0.270 e. The molecule has 90 valence electrons. The molecule has 1 N–H and O–H groups in total. The van der Waals surface area contributed by atoms with Crippen LogP contribution in [0.25, 0.3) is 0 Å². The zero-order chi connectivity index (χ0) is 13.0. The van der Waals surface area contributed by atoms with E-state index in [1.54, 1.807) is 6.92 Å². The number of nitrogens with one attached hydrogen (secondary N) is 1. The first-order chi connectivity index (χ1) is 7.95. The van der Waals surface area contributed by atoms with Gasteiger partial charge in [0.1, 0.15) is 0 Å². The Kier molecular flexibility index (Phi) is 3.92. The van der Waals surface area contributed by atoms with Crippen molar-refractivity contribution in [2.24, 2.45) is 0 Å². The van der Waals surface area contributed by atoms with Crippen LogP contribution in [0.4, 0.5) is 11.4 Å². The van der Waals surface area contributed by atoms with Gasteiger partial charge in [-0.1, -0.05) is 6.92 Å². The lowest BCUT2D eigenvalue weighted by atomic mass is 10.1. The zero-order valence-corrected chi connectivity index (χ0v) is 9.52. The topological polar surface area (TPSA) is 89.3 Å². The molecular weight excluding hydrogens is 224 g/mol. The summed E-state index contributed by atoms with van der Waals surface area (Å²) in [5.74, 6) is -0.582. The third kappa shape index (κ3) is 3.10. The van der Waals surface area contributed by atoms with Gasteiger partial charge in [-0.05, 0) is 6.07 Å². The van der Waals surface area contributed by atoms with Crippen molar-refractivity contribution in [1.82, 2.24) is 0 Å². The van der Waals surface area contributed by atoms with Crippen molar-refractivity contribution in [3.8, 4) is 0 Å². The molecule has 0 unspecified atom stereocenters. The predicted octanol–water partition coefficient (Wildman–Crippen LogP) is 2.15. The van der Waals surface area contributed by atoms with E-state index in [2.05, 4.69) is 5.32 Å². The molecule has 0 bridgehead atoms. The summed E-state index contributed by atoms with van der Waals surface area (Å²) in [6.45, 7) is 2.96. The van der Waals surface area contributed by atoms with Gasteiger partial charge < -0.3 is 5.32 Å². The maximum atomic E-state index is 11.6. The second-order valence-corrected chi connectivity index (χ2v) is 3.44. The molecule has 0 saturated heterocycles. The number of Topliss-reactive ketones (excluding diaryl/α,β-unsaturated/α-hetero) is 1. The van der Waals surface area contributed by atoms with Crippen LogP contribution in [0.1, 0.15) is 30.6 Å². The molecule has 0 heterocycles. The van der Waals surface area contributed by atoms with Crippen molar-refractivity contribution in [3.63, 3.8) is 0 Å². The minimum absolute atomic E-state index is 0.164. The molecule has 1 aromatic carbocycles. The van der Waals surface area contributed by atoms with Gasteiger partial charge in [0, 0.05) is 31.0 Å². The highest BCUT2D eigenvalue weighted by Gasteiger charge is 2.15. The fourth-order valence-electron chi connectivity index (χ4n) is 1.37. The van der Waals surface area contributed by atoms with Crippen LogP contribution in [-0.2, 0) is 4.79 Å². The van der Waals surface area contributed by atoms with E-state index in [4.69, 9.17) is 0 Å². The van der Waals surface area contributed by atoms with Crippen LogP contribution in [0.15, 0.2) is 18.2 Å². The molecule has 0 radical (unpaired) electrons. The van der Waals surface area contributed by atoms with Gasteiger partial charge in [-0.3, -0.25) is 19.7 Å². The van der Waals surface area contributed by atoms with Crippen LogP contribution in [0, 0.1) is 10.1 Å². The monoisotopic (exact) mass is 236 g/mol. The van der Waals surface area contributed by atoms with Gasteiger partial charge in [0.25, 0.3) is 5.69 Å². The normalized spacial score (nSPS) is 9.76. The van der Waals surface area contributed by atoms with Gasteiger partial charge in [0.2, 0.25) is 5.91 Å². The fraction of sp³-hybridized carbons (Fsp3) is 0.273. The summed E-state index contributed by atoms with van der Waals surface area (Å²) in [6, 6.07) is 3.79. The summed E-state index contributed by atoms with van der Waals surface area (Å²) in [4.78, 5) is 32.6. The van der Waals surface area contributed by atoms with Crippen LogP contribution in [0.2, 0.25) is 0 Å². The second kappa shape index (κ2) is 5.20. The van der Waals surface area contributed by atoms with Crippen molar-refractivity contribution >= 4 is 23.1 Å². The molecule has 0 fully saturated rings. The van der Waals surface area contributed by atoms with Crippen molar-refractivity contribution < 1.29 is 14.5 Å². The number of anilines is 1. The van der Waals surface area contributed by atoms with E-state index in [9.17, 15) is 19.7 Å². The Bertz CT molecular complexity index is 482. The Morgan fingerprint density at radius 3 is 2.53 bits per heavy atom. The van der Waals surface area contributed by atoms with Crippen molar-refractivity contribution in [1.29, 1.82) is 0 Å². The molecule has 0 saturated carbocycles. The number of benzene rings is 1. The SMILES string of the molecule is CCC(=O)c1cc([N+](=O)[O-])ccc1NC(C)=O. The van der Waals surface area contributed by atoms with Crippen molar-refractivity contribution in [2.45, 2.75) is 20.3 Å². The lowest BCUT2D eigenvalue weighted by Gasteiger charge is -2.07. The summed E-state index contributed by atoms with van der Waals surface area (Å²) in [5.41, 5.74) is 0.294. The first-order valence-corrected chi connectivity index (χ1v) is 5.05. The summed E-state index contributed by atoms with van der Waals surface area (Å²) in [7, 11) is 0. The first-order valence-electron chi connectivity index (χ1n) is 5.05. The van der Waals surface area contributed by atoms with Gasteiger partial charge in [0.05, 0.1) is 10.6 Å². The Morgan fingerprint density at radius 1 is 1.41 bits per heavy atom. The molecule has 1 rings (SSSR count). The van der Waals surface area contributed by atoms with Gasteiger partial charge in [-0.15, -0.1) is 0 Å². The number of hydrogen-bond acceptors (Lipinski definition) is 4. The van der Waals surface area contributed by atoms with Crippen LogP contribution >= 0.6 is 0 Å². The zero-order valence-electron chi connectivity index (χ0n) is 9.52. The lowest BCUT2D eigenvalue weighted by Crippen LogP contribution is -2.11. The number of amides is 1. The first kappa shape index (κ1) is 12.8. The fourth-order valence-corrected chi connectivity index (χ4v) is 1.37. The number of non-ortho nitro benzene ring substituents is 1. The van der Waals surface area contributed by atoms with E-state index >= 15 is 0 Å². The molecule has 0 atom stereocenters. The van der Waals surface area contributed by atoms with Crippen LogP contribution in [0.5, 0.6) is 0 Å². The maximum absolute atomic E-state index is 11.6. The highest BCUT2D eigenvalue weighted by Crippen LogP contribution is 2.23. The Morgan fingerprint density at radius 2 is 2.06 bits per heavy atom. The molecule has 1 aromatic rings. The van der Waals surface area contributed by atoms with Crippen LogP contribution in [-0.4, -0.2) is 16.6 Å². The molecule has 6 heteroatoms. The van der Waals surface area contributed by atoms with E-state index < -0.39 is 4.92 Å². The van der Waals surface area contributed by atoms with E-state index in [-0.39, 0.29) is 29.4 Å². The summed E-state index contributed by atoms with van der Waals surface area (Å²) in [6.07, 6.45) is 0.216. The molecule has 0 aliphatic heterocycles.